The van der Waals surface area contributed by atoms with Crippen LogP contribution in [0.15, 0.2) is 36.4 Å². The predicted molar refractivity (Wildman–Crippen MR) is 68.1 cm³/mol. The van der Waals surface area contributed by atoms with E-state index < -0.39 is 12.5 Å². The van der Waals surface area contributed by atoms with E-state index in [1.54, 1.807) is 0 Å². The average Bonchev–Trinajstić information content (AvgIpc) is 2.39. The first kappa shape index (κ1) is 14.1. The molecule has 0 bridgehead atoms. The molecule has 0 aliphatic heterocycles. The first-order chi connectivity index (χ1) is 9.54. The van der Waals surface area contributed by atoms with E-state index in [9.17, 15) is 13.6 Å². The smallest absolute Gasteiger partial charge is 0.387 e. The van der Waals surface area contributed by atoms with Gasteiger partial charge in [0.25, 0.3) is 5.91 Å². The minimum atomic E-state index is -2.93. The maximum atomic E-state index is 12.1. The molecular formula is C12H8ClF2N3O2. The third-order valence-corrected chi connectivity index (χ3v) is 2.38. The summed E-state index contributed by atoms with van der Waals surface area (Å²) < 4.78 is 28.4. The van der Waals surface area contributed by atoms with E-state index in [1.165, 1.54) is 36.4 Å². The Hall–Kier alpha value is -2.28. The molecule has 5 nitrogen and oxygen atoms in total. The van der Waals surface area contributed by atoms with Crippen molar-refractivity contribution in [2.24, 2.45) is 0 Å². The molecule has 0 spiro atoms. The standard InChI is InChI=1S/C12H8ClF2N3O2/c13-10-5-4-9(17-18-10)11(19)16-7-2-1-3-8(6-7)20-12(14)15/h1-6,12H,(H,16,19). The lowest BCUT2D eigenvalue weighted by molar-refractivity contribution is -0.0497. The highest BCUT2D eigenvalue weighted by Crippen LogP contribution is 2.19. The van der Waals surface area contributed by atoms with Crippen LogP contribution in [-0.2, 0) is 0 Å². The molecule has 1 N–H and O–H groups in total. The minimum Gasteiger partial charge on any atom is -0.435 e. The van der Waals surface area contributed by atoms with Gasteiger partial charge in [0, 0.05) is 11.8 Å². The molecule has 1 aromatic carbocycles. The van der Waals surface area contributed by atoms with Gasteiger partial charge in [-0.1, -0.05) is 17.7 Å². The number of benzene rings is 1. The molecule has 1 aromatic heterocycles. The summed E-state index contributed by atoms with van der Waals surface area (Å²) in [6.45, 7) is -2.93. The molecule has 0 aliphatic carbocycles. The molecule has 0 atom stereocenters. The number of halogens is 3. The molecule has 2 rings (SSSR count). The van der Waals surface area contributed by atoms with E-state index in [4.69, 9.17) is 11.6 Å². The quantitative estimate of drug-likeness (QED) is 0.942. The number of hydrogen-bond donors (Lipinski definition) is 1. The second-order valence-electron chi connectivity index (χ2n) is 3.60. The summed E-state index contributed by atoms with van der Waals surface area (Å²) in [5.41, 5.74) is 0.347. The third kappa shape index (κ3) is 3.86. The average molecular weight is 300 g/mol. The van der Waals surface area contributed by atoms with Gasteiger partial charge in [0.1, 0.15) is 5.75 Å². The molecular weight excluding hydrogens is 292 g/mol. The van der Waals surface area contributed by atoms with Crippen LogP contribution in [-0.4, -0.2) is 22.7 Å². The Balaban J connectivity index is 2.09. The van der Waals surface area contributed by atoms with Crippen LogP contribution in [0.1, 0.15) is 10.5 Å². The van der Waals surface area contributed by atoms with Crippen LogP contribution in [0.3, 0.4) is 0 Å². The molecule has 0 unspecified atom stereocenters. The molecule has 1 amide bonds. The summed E-state index contributed by atoms with van der Waals surface area (Å²) in [7, 11) is 0. The fraction of sp³-hybridized carbons (Fsp3) is 0.0833. The van der Waals surface area contributed by atoms with Crippen molar-refractivity contribution in [3.05, 3.63) is 47.2 Å². The number of carbonyl (C=O) groups excluding carboxylic acids is 1. The molecule has 0 saturated heterocycles. The number of nitrogens with one attached hydrogen (secondary N) is 1. The van der Waals surface area contributed by atoms with E-state index in [0.29, 0.717) is 5.69 Å². The normalized spacial score (nSPS) is 10.4. The van der Waals surface area contributed by atoms with E-state index in [2.05, 4.69) is 20.3 Å². The Kier molecular flexibility index (Phi) is 4.41. The van der Waals surface area contributed by atoms with Gasteiger partial charge >= 0.3 is 6.61 Å². The van der Waals surface area contributed by atoms with Crippen molar-refractivity contribution in [2.45, 2.75) is 6.61 Å². The van der Waals surface area contributed by atoms with Crippen LogP contribution in [0.5, 0.6) is 5.75 Å². The Bertz CT molecular complexity index is 608. The summed E-state index contributed by atoms with van der Waals surface area (Å²) in [6, 6.07) is 8.43. The van der Waals surface area contributed by atoms with Gasteiger partial charge in [-0.2, -0.15) is 8.78 Å². The first-order valence-corrected chi connectivity index (χ1v) is 5.78. The van der Waals surface area contributed by atoms with Crippen LogP contribution in [0.2, 0.25) is 5.15 Å². The minimum absolute atomic E-state index is 0.0505. The number of carbonyl (C=O) groups is 1. The predicted octanol–water partition coefficient (Wildman–Crippen LogP) is 2.98. The van der Waals surface area contributed by atoms with Crippen LogP contribution in [0.4, 0.5) is 14.5 Å². The van der Waals surface area contributed by atoms with Gasteiger partial charge < -0.3 is 10.1 Å². The zero-order valence-corrected chi connectivity index (χ0v) is 10.6. The molecule has 0 fully saturated rings. The van der Waals surface area contributed by atoms with Crippen LogP contribution in [0.25, 0.3) is 0 Å². The number of ether oxygens (including phenoxy) is 1. The molecule has 8 heteroatoms. The van der Waals surface area contributed by atoms with Gasteiger partial charge in [0.05, 0.1) is 0 Å². The number of hydrogen-bond acceptors (Lipinski definition) is 4. The Labute approximate surface area is 117 Å². The molecule has 0 radical (unpaired) electrons. The Morgan fingerprint density at radius 1 is 1.25 bits per heavy atom. The summed E-state index contributed by atoms with van der Waals surface area (Å²) in [5, 5.41) is 9.77. The zero-order chi connectivity index (χ0) is 14.5. The van der Waals surface area contributed by atoms with Crippen molar-refractivity contribution in [3.8, 4) is 5.75 Å². The fourth-order valence-electron chi connectivity index (χ4n) is 1.38. The largest absolute Gasteiger partial charge is 0.435 e. The third-order valence-electron chi connectivity index (χ3n) is 2.18. The molecule has 0 saturated carbocycles. The maximum absolute atomic E-state index is 12.1. The summed E-state index contributed by atoms with van der Waals surface area (Å²) in [4.78, 5) is 11.8. The number of aromatic nitrogens is 2. The van der Waals surface area contributed by atoms with Gasteiger partial charge in [-0.15, -0.1) is 10.2 Å². The first-order valence-electron chi connectivity index (χ1n) is 5.40. The van der Waals surface area contributed by atoms with E-state index in [-0.39, 0.29) is 16.6 Å². The number of rotatable bonds is 4. The van der Waals surface area contributed by atoms with Crippen molar-refractivity contribution < 1.29 is 18.3 Å². The monoisotopic (exact) mass is 299 g/mol. The van der Waals surface area contributed by atoms with Crippen molar-refractivity contribution in [1.29, 1.82) is 0 Å². The fourth-order valence-corrected chi connectivity index (χ4v) is 1.48. The highest BCUT2D eigenvalue weighted by molar-refractivity contribution is 6.29. The number of amides is 1. The molecule has 2 aromatic rings. The van der Waals surface area contributed by atoms with Crippen molar-refractivity contribution in [2.75, 3.05) is 5.32 Å². The van der Waals surface area contributed by atoms with Crippen molar-refractivity contribution in [3.63, 3.8) is 0 Å². The lowest BCUT2D eigenvalue weighted by Gasteiger charge is -2.07. The summed E-state index contributed by atoms with van der Waals surface area (Å²) in [6.07, 6.45) is 0. The van der Waals surface area contributed by atoms with Crippen LogP contribution < -0.4 is 10.1 Å². The molecule has 0 aliphatic rings. The van der Waals surface area contributed by atoms with E-state index in [1.807, 2.05) is 0 Å². The van der Waals surface area contributed by atoms with Gasteiger partial charge in [-0.3, -0.25) is 4.79 Å². The topological polar surface area (TPSA) is 64.1 Å². The lowest BCUT2D eigenvalue weighted by atomic mass is 10.3. The molecule has 20 heavy (non-hydrogen) atoms. The van der Waals surface area contributed by atoms with Gasteiger partial charge in [-0.25, -0.2) is 0 Å². The number of anilines is 1. The number of alkyl halides is 2. The van der Waals surface area contributed by atoms with E-state index in [0.717, 1.165) is 0 Å². The highest BCUT2D eigenvalue weighted by Gasteiger charge is 2.10. The maximum Gasteiger partial charge on any atom is 0.387 e. The highest BCUT2D eigenvalue weighted by atomic mass is 35.5. The second kappa shape index (κ2) is 6.25. The lowest BCUT2D eigenvalue weighted by Crippen LogP contribution is -2.14. The van der Waals surface area contributed by atoms with Gasteiger partial charge in [-0.05, 0) is 24.3 Å². The Morgan fingerprint density at radius 3 is 2.70 bits per heavy atom. The van der Waals surface area contributed by atoms with Crippen molar-refractivity contribution in [1.82, 2.24) is 10.2 Å². The second-order valence-corrected chi connectivity index (χ2v) is 3.99. The van der Waals surface area contributed by atoms with Crippen molar-refractivity contribution >= 4 is 23.2 Å². The molecule has 104 valence electrons. The Morgan fingerprint density at radius 2 is 2.05 bits per heavy atom. The van der Waals surface area contributed by atoms with Gasteiger partial charge in [0.2, 0.25) is 0 Å². The SMILES string of the molecule is O=C(Nc1cccc(OC(F)F)c1)c1ccc(Cl)nn1. The van der Waals surface area contributed by atoms with Crippen LogP contribution in [0, 0.1) is 0 Å². The zero-order valence-electron chi connectivity index (χ0n) is 9.89. The summed E-state index contributed by atoms with van der Waals surface area (Å²) >= 11 is 5.55. The van der Waals surface area contributed by atoms with Crippen LogP contribution >= 0.6 is 11.6 Å². The molecule has 1 heterocycles. The number of nitrogens with zero attached hydrogens (tertiary/aromatic N) is 2. The van der Waals surface area contributed by atoms with E-state index >= 15 is 0 Å². The van der Waals surface area contributed by atoms with Gasteiger partial charge in [0.15, 0.2) is 10.8 Å². The summed E-state index contributed by atoms with van der Waals surface area (Å²) in [5.74, 6) is -0.594.